The maximum atomic E-state index is 12.7. The van der Waals surface area contributed by atoms with E-state index in [1.54, 1.807) is 24.3 Å². The molecule has 0 aliphatic rings. The Balaban J connectivity index is 2.36. The van der Waals surface area contributed by atoms with E-state index in [4.69, 9.17) is 0 Å². The Kier molecular flexibility index (Phi) is 7.48. The van der Waals surface area contributed by atoms with Gasteiger partial charge in [0.1, 0.15) is 5.70 Å². The van der Waals surface area contributed by atoms with Gasteiger partial charge in [-0.05, 0) is 41.7 Å². The van der Waals surface area contributed by atoms with Crippen LogP contribution in [0, 0.1) is 10.1 Å². The Morgan fingerprint density at radius 2 is 1.69 bits per heavy atom. The average molecular weight is 438 g/mol. The maximum absolute atomic E-state index is 12.7. The summed E-state index contributed by atoms with van der Waals surface area (Å²) in [6.07, 6.45) is 1.23. The molecule has 0 unspecified atom stereocenters. The minimum absolute atomic E-state index is 0.108. The van der Waals surface area contributed by atoms with Gasteiger partial charge >= 0.3 is 0 Å². The van der Waals surface area contributed by atoms with Gasteiger partial charge in [0.05, 0.1) is 16.9 Å². The average Bonchev–Trinajstić information content (AvgIpc) is 2.72. The fourth-order valence-corrected chi connectivity index (χ4v) is 2.70. The van der Waals surface area contributed by atoms with E-state index in [0.717, 1.165) is 5.56 Å². The highest BCUT2D eigenvalue weighted by Crippen LogP contribution is 2.22. The van der Waals surface area contributed by atoms with Crippen molar-refractivity contribution < 1.29 is 24.4 Å². The zero-order valence-electron chi connectivity index (χ0n) is 18.2. The summed E-state index contributed by atoms with van der Waals surface area (Å²) in [7, 11) is 0. The van der Waals surface area contributed by atoms with Crippen molar-refractivity contribution in [1.29, 1.82) is 0 Å². The molecule has 2 aromatic rings. The lowest BCUT2D eigenvalue weighted by Crippen LogP contribution is -2.48. The molecule has 0 saturated carbocycles. The molecule has 0 radical (unpaired) electrons. The van der Waals surface area contributed by atoms with Gasteiger partial charge in [0.15, 0.2) is 0 Å². The number of benzene rings is 2. The molecule has 9 nitrogen and oxygen atoms in total. The van der Waals surface area contributed by atoms with Crippen LogP contribution in [-0.2, 0) is 15.0 Å². The van der Waals surface area contributed by atoms with Crippen LogP contribution in [-0.4, -0.2) is 28.7 Å². The number of hydrogen-bond acceptors (Lipinski definition) is 6. The van der Waals surface area contributed by atoms with Gasteiger partial charge in [-0.3, -0.25) is 19.7 Å². The van der Waals surface area contributed by atoms with Crippen molar-refractivity contribution in [3.05, 3.63) is 81.0 Å². The van der Waals surface area contributed by atoms with Crippen LogP contribution in [0.4, 0.5) is 5.69 Å². The van der Waals surface area contributed by atoms with Crippen LogP contribution in [0.1, 0.15) is 49.2 Å². The predicted molar refractivity (Wildman–Crippen MR) is 116 cm³/mol. The zero-order chi connectivity index (χ0) is 24.1. The molecular formula is C23H24N3O6-. The second-order valence-electron chi connectivity index (χ2n) is 8.21. The summed E-state index contributed by atoms with van der Waals surface area (Å²) in [6, 6.07) is 11.0. The number of nitro groups is 1. The van der Waals surface area contributed by atoms with Crippen molar-refractivity contribution in [1.82, 2.24) is 10.6 Å². The first-order chi connectivity index (χ1) is 14.9. The lowest BCUT2D eigenvalue weighted by Gasteiger charge is -2.19. The van der Waals surface area contributed by atoms with Crippen molar-refractivity contribution in [2.45, 2.75) is 39.2 Å². The van der Waals surface area contributed by atoms with Crippen LogP contribution in [0.5, 0.6) is 0 Å². The lowest BCUT2D eigenvalue weighted by molar-refractivity contribution is -0.384. The van der Waals surface area contributed by atoms with E-state index in [1.807, 2.05) is 20.8 Å². The highest BCUT2D eigenvalue weighted by molar-refractivity contribution is 6.06. The molecule has 32 heavy (non-hydrogen) atoms. The number of carboxylic acids is 1. The normalized spacial score (nSPS) is 12.6. The topological polar surface area (TPSA) is 141 Å². The van der Waals surface area contributed by atoms with Crippen molar-refractivity contribution in [2.24, 2.45) is 0 Å². The quantitative estimate of drug-likeness (QED) is 0.384. The highest BCUT2D eigenvalue weighted by atomic mass is 16.6. The molecule has 2 N–H and O–H groups in total. The fourth-order valence-electron chi connectivity index (χ4n) is 2.70. The van der Waals surface area contributed by atoms with Crippen molar-refractivity contribution >= 4 is 29.5 Å². The molecular weight excluding hydrogens is 414 g/mol. The van der Waals surface area contributed by atoms with E-state index < -0.39 is 28.7 Å². The molecule has 0 saturated heterocycles. The Morgan fingerprint density at radius 1 is 1.06 bits per heavy atom. The van der Waals surface area contributed by atoms with Gasteiger partial charge < -0.3 is 20.5 Å². The van der Waals surface area contributed by atoms with Gasteiger partial charge in [-0.15, -0.1) is 0 Å². The first-order valence-corrected chi connectivity index (χ1v) is 9.78. The van der Waals surface area contributed by atoms with Gasteiger partial charge in [-0.2, -0.15) is 0 Å². The van der Waals surface area contributed by atoms with Gasteiger partial charge in [-0.25, -0.2) is 0 Å². The molecule has 0 spiro atoms. The number of nitrogens with zero attached hydrogens (tertiary/aromatic N) is 1. The summed E-state index contributed by atoms with van der Waals surface area (Å²) >= 11 is 0. The molecule has 9 heteroatoms. The maximum Gasteiger partial charge on any atom is 0.270 e. The first-order valence-electron chi connectivity index (χ1n) is 9.78. The Hall–Kier alpha value is -4.01. The number of rotatable bonds is 7. The SMILES string of the molecule is C[C@@H](NC(=O)/C(=C/c1cccc([N+](=O)[O-])c1)NC(=O)c1ccc(C(C)(C)C)cc1)C(=O)[O-]. The third-order valence-electron chi connectivity index (χ3n) is 4.60. The number of carboxylic acid groups (broad SMARTS) is 1. The van der Waals surface area contributed by atoms with Gasteiger partial charge in [0, 0.05) is 17.7 Å². The molecule has 0 aromatic heterocycles. The van der Waals surface area contributed by atoms with Crippen LogP contribution < -0.4 is 15.7 Å². The number of nitrogens with one attached hydrogen (secondary N) is 2. The summed E-state index contributed by atoms with van der Waals surface area (Å²) in [4.78, 5) is 46.8. The number of amides is 2. The van der Waals surface area contributed by atoms with E-state index in [2.05, 4.69) is 10.6 Å². The molecule has 1 atom stereocenters. The van der Waals surface area contributed by atoms with E-state index in [9.17, 15) is 29.6 Å². The molecule has 168 valence electrons. The Bertz CT molecular complexity index is 1070. The molecule has 0 fully saturated rings. The van der Waals surface area contributed by atoms with Gasteiger partial charge in [0.25, 0.3) is 17.5 Å². The Labute approximate surface area is 185 Å². The lowest BCUT2D eigenvalue weighted by atomic mass is 9.87. The predicted octanol–water partition coefficient (Wildman–Crippen LogP) is 1.92. The number of carbonyl (C=O) groups is 3. The third-order valence-corrected chi connectivity index (χ3v) is 4.60. The standard InChI is InChI=1S/C23H25N3O6/c1-14(22(29)30)24-21(28)19(13-15-6-5-7-18(12-15)26(31)32)25-20(27)16-8-10-17(11-9-16)23(2,3)4/h5-14H,1-4H3,(H,24,28)(H,25,27)(H,29,30)/p-1/b19-13-/t14-/m1/s1. The summed E-state index contributed by atoms with van der Waals surface area (Å²) in [5, 5.41) is 26.7. The molecule has 0 aliphatic heterocycles. The minimum Gasteiger partial charge on any atom is -0.548 e. The monoisotopic (exact) mass is 438 g/mol. The number of non-ortho nitro benzene ring substituents is 1. The molecule has 2 aromatic carbocycles. The fraction of sp³-hybridized carbons (Fsp3) is 0.261. The number of carbonyl (C=O) groups excluding carboxylic acids is 3. The third kappa shape index (κ3) is 6.49. The first kappa shape index (κ1) is 24.3. The number of nitro benzene ring substituents is 1. The van der Waals surface area contributed by atoms with Crippen LogP contribution in [0.25, 0.3) is 6.08 Å². The second kappa shape index (κ2) is 9.86. The summed E-state index contributed by atoms with van der Waals surface area (Å²) in [5.41, 5.74) is 0.983. The van der Waals surface area contributed by atoms with Crippen LogP contribution in [0.2, 0.25) is 0 Å². The van der Waals surface area contributed by atoms with Crippen molar-refractivity contribution in [3.63, 3.8) is 0 Å². The van der Waals surface area contributed by atoms with Crippen LogP contribution in [0.15, 0.2) is 54.2 Å². The van der Waals surface area contributed by atoms with E-state index in [1.165, 1.54) is 37.3 Å². The smallest absolute Gasteiger partial charge is 0.270 e. The van der Waals surface area contributed by atoms with E-state index in [-0.39, 0.29) is 27.9 Å². The summed E-state index contributed by atoms with van der Waals surface area (Å²) < 4.78 is 0. The Morgan fingerprint density at radius 3 is 2.22 bits per heavy atom. The molecule has 0 heterocycles. The van der Waals surface area contributed by atoms with Gasteiger partial charge in [0.2, 0.25) is 0 Å². The van der Waals surface area contributed by atoms with Crippen LogP contribution >= 0.6 is 0 Å². The van der Waals surface area contributed by atoms with E-state index >= 15 is 0 Å². The van der Waals surface area contributed by atoms with Crippen molar-refractivity contribution in [3.8, 4) is 0 Å². The molecule has 0 aliphatic carbocycles. The number of aliphatic carboxylic acids is 1. The largest absolute Gasteiger partial charge is 0.548 e. The summed E-state index contributed by atoms with van der Waals surface area (Å²) in [6.45, 7) is 7.31. The summed E-state index contributed by atoms with van der Waals surface area (Å²) in [5.74, 6) is -2.98. The van der Waals surface area contributed by atoms with Crippen LogP contribution in [0.3, 0.4) is 0 Å². The van der Waals surface area contributed by atoms with Crippen molar-refractivity contribution in [2.75, 3.05) is 0 Å². The highest BCUT2D eigenvalue weighted by Gasteiger charge is 2.19. The second-order valence-corrected chi connectivity index (χ2v) is 8.21. The zero-order valence-corrected chi connectivity index (χ0v) is 18.2. The molecule has 2 rings (SSSR count). The van der Waals surface area contributed by atoms with E-state index in [0.29, 0.717) is 0 Å². The number of hydrogen-bond donors (Lipinski definition) is 2. The molecule has 2 amide bonds. The minimum atomic E-state index is -1.50. The molecule has 0 bridgehead atoms. The van der Waals surface area contributed by atoms with Gasteiger partial charge in [-0.1, -0.05) is 45.0 Å².